The maximum atomic E-state index is 14.3. The summed E-state index contributed by atoms with van der Waals surface area (Å²) in [6.45, 7) is 1.41. The summed E-state index contributed by atoms with van der Waals surface area (Å²) in [6, 6.07) is 9.66. The Morgan fingerprint density at radius 2 is 1.60 bits per heavy atom. The van der Waals surface area contributed by atoms with Crippen molar-refractivity contribution in [1.82, 2.24) is 34.9 Å². The molecule has 1 aliphatic carbocycles. The van der Waals surface area contributed by atoms with Crippen LogP contribution in [-0.2, 0) is 14.3 Å². The summed E-state index contributed by atoms with van der Waals surface area (Å²) in [4.78, 5) is 15.8. The first-order valence-electron chi connectivity index (χ1n) is 15.5. The fourth-order valence-electron chi connectivity index (χ4n) is 6.76. The summed E-state index contributed by atoms with van der Waals surface area (Å²) in [5.41, 5.74) is 1.80. The number of likely N-dealkylation sites (N-methyl/N-ethyl adjacent to an activating group) is 1. The Hall–Kier alpha value is -4.15. The van der Waals surface area contributed by atoms with E-state index in [0.717, 1.165) is 0 Å². The summed E-state index contributed by atoms with van der Waals surface area (Å²) in [7, 11) is 1.38. The lowest BCUT2D eigenvalue weighted by Gasteiger charge is -2.46. The van der Waals surface area contributed by atoms with Crippen LogP contribution in [0.15, 0.2) is 60.9 Å². The number of rotatable bonds is 9. The normalized spacial score (nSPS) is 27.9. The second-order valence-electron chi connectivity index (χ2n) is 11.8. The molecule has 250 valence electrons. The van der Waals surface area contributed by atoms with Gasteiger partial charge in [-0.25, -0.2) is 18.1 Å². The van der Waals surface area contributed by atoms with E-state index in [1.807, 2.05) is 0 Å². The number of benzene rings is 2. The molecule has 1 saturated carbocycles. The van der Waals surface area contributed by atoms with Crippen LogP contribution in [0.1, 0.15) is 38.3 Å². The first-order chi connectivity index (χ1) is 22.7. The minimum Gasteiger partial charge on any atom is -0.394 e. The number of aliphatic hydroxyl groups is 3. The lowest BCUT2D eigenvalue weighted by molar-refractivity contribution is -0.219. The molecule has 6 rings (SSSR count). The Kier molecular flexibility index (Phi) is 9.70. The van der Waals surface area contributed by atoms with E-state index in [2.05, 4.69) is 20.6 Å². The van der Waals surface area contributed by atoms with Crippen molar-refractivity contribution in [1.29, 1.82) is 0 Å². The maximum absolute atomic E-state index is 14.3. The quantitative estimate of drug-likeness (QED) is 0.244. The number of carbonyl (C=O) groups is 1. The summed E-state index contributed by atoms with van der Waals surface area (Å²) in [5.74, 6) is -1.35. The smallest absolute Gasteiger partial charge is 0.254 e. The van der Waals surface area contributed by atoms with Gasteiger partial charge in [0.2, 0.25) is 0 Å². The molecule has 2 aromatic heterocycles. The van der Waals surface area contributed by atoms with E-state index in [1.54, 1.807) is 36.0 Å². The van der Waals surface area contributed by atoms with Crippen LogP contribution in [0.25, 0.3) is 22.5 Å². The Labute approximate surface area is 269 Å². The minimum absolute atomic E-state index is 0.222. The molecule has 15 heteroatoms. The summed E-state index contributed by atoms with van der Waals surface area (Å²) >= 11 is 0. The lowest BCUT2D eigenvalue weighted by Crippen LogP contribution is -2.63. The highest BCUT2D eigenvalue weighted by molar-refractivity contribution is 5.82. The second-order valence-corrected chi connectivity index (χ2v) is 11.8. The zero-order valence-electron chi connectivity index (χ0n) is 25.9. The van der Waals surface area contributed by atoms with Gasteiger partial charge in [0.25, 0.3) is 5.91 Å². The number of nitrogens with zero attached hydrogens (tertiary/aromatic N) is 7. The van der Waals surface area contributed by atoms with Crippen molar-refractivity contribution in [3.8, 4) is 22.5 Å². The van der Waals surface area contributed by atoms with E-state index in [4.69, 9.17) is 9.47 Å². The largest absolute Gasteiger partial charge is 0.394 e. The molecule has 0 spiro atoms. The van der Waals surface area contributed by atoms with E-state index >= 15 is 0 Å². The Morgan fingerprint density at radius 1 is 0.979 bits per heavy atom. The standard InChI is InChI=1S/C32H37F2N7O6/c1-3-39(24-11-6-12-25(28(24)43)40-15-22(35-37-40)18-7-4-9-20(33)13-18)32(45)31-30(46-2)27(29(44)26(17-42)47-31)41-16-23(36-38-41)19-8-5-10-21(34)14-19/h4-5,7-10,13-16,24-31,42-44H,3,6,11-12,17H2,1-2H3/t24-,25+,26-,27+,28+,29+,30-,31-/m1/s1. The second kappa shape index (κ2) is 13.9. The highest BCUT2D eigenvalue weighted by Gasteiger charge is 2.52. The average Bonchev–Trinajstić information content (AvgIpc) is 3.76. The average molecular weight is 654 g/mol. The molecular weight excluding hydrogens is 616 g/mol. The molecule has 3 heterocycles. The molecule has 47 heavy (non-hydrogen) atoms. The van der Waals surface area contributed by atoms with Crippen molar-refractivity contribution in [2.45, 2.75) is 74.8 Å². The number of methoxy groups -OCH3 is 1. The first kappa shape index (κ1) is 32.8. The van der Waals surface area contributed by atoms with Crippen molar-refractivity contribution >= 4 is 5.91 Å². The van der Waals surface area contributed by atoms with Crippen LogP contribution in [0.4, 0.5) is 8.78 Å². The zero-order chi connectivity index (χ0) is 33.2. The van der Waals surface area contributed by atoms with Crippen LogP contribution in [0.2, 0.25) is 0 Å². The molecule has 2 aliphatic rings. The molecule has 2 fully saturated rings. The van der Waals surface area contributed by atoms with Gasteiger partial charge in [-0.05, 0) is 50.5 Å². The third-order valence-corrected chi connectivity index (χ3v) is 9.10. The lowest BCUT2D eigenvalue weighted by atomic mass is 9.86. The van der Waals surface area contributed by atoms with Crippen molar-refractivity contribution in [3.05, 3.63) is 72.6 Å². The summed E-state index contributed by atoms with van der Waals surface area (Å²) in [6.07, 6.45) is -0.966. The predicted octanol–water partition coefficient (Wildman–Crippen LogP) is 2.16. The van der Waals surface area contributed by atoms with E-state index in [-0.39, 0.29) is 6.54 Å². The number of carbonyl (C=O) groups excluding carboxylic acids is 1. The third kappa shape index (κ3) is 6.41. The van der Waals surface area contributed by atoms with Gasteiger partial charge in [0.05, 0.1) is 37.2 Å². The molecule has 1 saturated heterocycles. The van der Waals surface area contributed by atoms with E-state index in [0.29, 0.717) is 41.8 Å². The molecular formula is C32H37F2N7O6. The molecule has 3 N–H and O–H groups in total. The number of hydrogen-bond donors (Lipinski definition) is 3. The molecule has 1 aliphatic heterocycles. The Bertz CT molecular complexity index is 1690. The van der Waals surface area contributed by atoms with Gasteiger partial charge in [0.15, 0.2) is 6.10 Å². The van der Waals surface area contributed by atoms with Crippen molar-refractivity contribution in [2.75, 3.05) is 20.3 Å². The van der Waals surface area contributed by atoms with Crippen LogP contribution >= 0.6 is 0 Å². The van der Waals surface area contributed by atoms with Crippen LogP contribution in [-0.4, -0.2) is 113 Å². The van der Waals surface area contributed by atoms with Gasteiger partial charge < -0.3 is 29.7 Å². The highest BCUT2D eigenvalue weighted by atomic mass is 19.1. The van der Waals surface area contributed by atoms with Crippen molar-refractivity contribution in [2.24, 2.45) is 0 Å². The van der Waals surface area contributed by atoms with Crippen LogP contribution in [0, 0.1) is 11.6 Å². The van der Waals surface area contributed by atoms with E-state index < -0.39 is 72.8 Å². The molecule has 0 unspecified atom stereocenters. The number of hydrogen-bond acceptors (Lipinski definition) is 10. The third-order valence-electron chi connectivity index (χ3n) is 9.10. The van der Waals surface area contributed by atoms with Crippen molar-refractivity contribution in [3.63, 3.8) is 0 Å². The van der Waals surface area contributed by atoms with Crippen LogP contribution in [0.5, 0.6) is 0 Å². The zero-order valence-corrected chi connectivity index (χ0v) is 25.9. The highest BCUT2D eigenvalue weighted by Crippen LogP contribution is 2.36. The molecule has 0 bridgehead atoms. The molecule has 4 aromatic rings. The fraction of sp³-hybridized carbons (Fsp3) is 0.469. The van der Waals surface area contributed by atoms with Gasteiger partial charge in [-0.1, -0.05) is 34.7 Å². The van der Waals surface area contributed by atoms with Gasteiger partial charge in [-0.15, -0.1) is 10.2 Å². The molecule has 1 amide bonds. The number of aliphatic hydroxyl groups excluding tert-OH is 3. The fourth-order valence-corrected chi connectivity index (χ4v) is 6.76. The minimum atomic E-state index is -1.34. The summed E-state index contributed by atoms with van der Waals surface area (Å²) < 4.78 is 42.3. The number of ether oxygens (including phenoxy) is 2. The van der Waals surface area contributed by atoms with E-state index in [9.17, 15) is 28.9 Å². The Balaban J connectivity index is 1.25. The van der Waals surface area contributed by atoms with Gasteiger partial charge in [0, 0.05) is 24.8 Å². The monoisotopic (exact) mass is 653 g/mol. The molecule has 2 aromatic carbocycles. The van der Waals surface area contributed by atoms with Gasteiger partial charge in [-0.3, -0.25) is 4.79 Å². The molecule has 13 nitrogen and oxygen atoms in total. The van der Waals surface area contributed by atoms with Crippen LogP contribution in [0.3, 0.4) is 0 Å². The van der Waals surface area contributed by atoms with Gasteiger partial charge in [0.1, 0.15) is 47.4 Å². The Morgan fingerprint density at radius 3 is 2.17 bits per heavy atom. The summed E-state index contributed by atoms with van der Waals surface area (Å²) in [5, 5.41) is 49.7. The first-order valence-corrected chi connectivity index (χ1v) is 15.5. The SMILES string of the molecule is CCN(C(=O)[C@@H]1O[C@H](CO)[C@H](O)[C@H](n2cc(-c3cccc(F)c3)nn2)[C@H]1OC)[C@@H]1CCC[C@H](n2cc(-c3cccc(F)c3)nn2)[C@H]1O. The molecule has 8 atom stereocenters. The maximum Gasteiger partial charge on any atom is 0.254 e. The predicted molar refractivity (Wildman–Crippen MR) is 162 cm³/mol. The van der Waals surface area contributed by atoms with E-state index in [1.165, 1.54) is 53.2 Å². The number of aromatic nitrogens is 6. The van der Waals surface area contributed by atoms with Crippen LogP contribution < -0.4 is 0 Å². The van der Waals surface area contributed by atoms with Gasteiger partial charge in [-0.2, -0.15) is 0 Å². The topological polar surface area (TPSA) is 161 Å². The number of amides is 1. The number of halogens is 2. The molecule has 0 radical (unpaired) electrons. The van der Waals surface area contributed by atoms with Crippen molar-refractivity contribution < 1.29 is 38.4 Å². The van der Waals surface area contributed by atoms with Gasteiger partial charge >= 0.3 is 0 Å².